The Bertz CT molecular complexity index is 432. The number of ether oxygens (including phenoxy) is 1. The molecule has 0 saturated heterocycles. The number of rotatable bonds is 5. The number of hydrogen-bond donors (Lipinski definition) is 2. The number of carbonyl (C=O) groups is 1. The lowest BCUT2D eigenvalue weighted by Crippen LogP contribution is -2.14. The number of carboxylic acids is 1. The van der Waals surface area contributed by atoms with Gasteiger partial charge >= 0.3 is 5.97 Å². The molecule has 0 aliphatic rings. The maximum atomic E-state index is 10.5. The van der Waals surface area contributed by atoms with Crippen LogP contribution in [0.25, 0.3) is 0 Å². The van der Waals surface area contributed by atoms with Crippen LogP contribution in [0.4, 0.5) is 0 Å². The standard InChI is InChI=1S/C12H14BrNO3/c1-14-10(4-6-12(15)16)8-3-5-11(17-2)9(13)7-8/h3-7,10,14H,1-2H3,(H,15,16)/b6-4+. The van der Waals surface area contributed by atoms with Gasteiger partial charge in [-0.2, -0.15) is 0 Å². The van der Waals surface area contributed by atoms with E-state index in [0.717, 1.165) is 21.9 Å². The number of halogens is 1. The maximum absolute atomic E-state index is 10.5. The molecule has 1 aromatic carbocycles. The summed E-state index contributed by atoms with van der Waals surface area (Å²) in [5.41, 5.74) is 0.956. The van der Waals surface area contributed by atoms with E-state index in [1.54, 1.807) is 20.2 Å². The zero-order valence-electron chi connectivity index (χ0n) is 9.61. The fourth-order valence-electron chi connectivity index (χ4n) is 1.43. The van der Waals surface area contributed by atoms with E-state index in [-0.39, 0.29) is 6.04 Å². The van der Waals surface area contributed by atoms with Crippen molar-refractivity contribution in [3.63, 3.8) is 0 Å². The molecule has 2 N–H and O–H groups in total. The van der Waals surface area contributed by atoms with E-state index in [0.29, 0.717) is 0 Å². The SMILES string of the molecule is CNC(/C=C/C(=O)O)c1ccc(OC)c(Br)c1. The van der Waals surface area contributed by atoms with Gasteiger partial charge in [0.15, 0.2) is 0 Å². The summed E-state index contributed by atoms with van der Waals surface area (Å²) in [7, 11) is 3.37. The Kier molecular flexibility index (Phi) is 5.18. The predicted molar refractivity (Wildman–Crippen MR) is 69.3 cm³/mol. The Labute approximate surface area is 108 Å². The second-order valence-corrected chi connectivity index (χ2v) is 4.21. The molecular weight excluding hydrogens is 286 g/mol. The van der Waals surface area contributed by atoms with E-state index in [2.05, 4.69) is 21.2 Å². The highest BCUT2D eigenvalue weighted by molar-refractivity contribution is 9.10. The number of likely N-dealkylation sites (N-methyl/N-ethyl adjacent to an activating group) is 1. The molecule has 0 radical (unpaired) electrons. The van der Waals surface area contributed by atoms with Crippen LogP contribution in [0.2, 0.25) is 0 Å². The highest BCUT2D eigenvalue weighted by Crippen LogP contribution is 2.28. The zero-order chi connectivity index (χ0) is 12.8. The van der Waals surface area contributed by atoms with Crippen molar-refractivity contribution in [3.8, 4) is 5.75 Å². The van der Waals surface area contributed by atoms with E-state index in [1.165, 1.54) is 0 Å². The Hall–Kier alpha value is -1.33. The molecule has 0 amide bonds. The average molecular weight is 300 g/mol. The number of nitrogens with one attached hydrogen (secondary N) is 1. The van der Waals surface area contributed by atoms with Gasteiger partial charge < -0.3 is 15.2 Å². The molecule has 0 aromatic heterocycles. The van der Waals surface area contributed by atoms with Crippen LogP contribution in [-0.2, 0) is 4.79 Å². The molecule has 92 valence electrons. The smallest absolute Gasteiger partial charge is 0.328 e. The second-order valence-electron chi connectivity index (χ2n) is 3.36. The molecular formula is C12H14BrNO3. The lowest BCUT2D eigenvalue weighted by Gasteiger charge is -2.13. The van der Waals surface area contributed by atoms with Crippen LogP contribution in [0.3, 0.4) is 0 Å². The molecule has 0 bridgehead atoms. The molecule has 0 saturated carbocycles. The van der Waals surface area contributed by atoms with Crippen molar-refractivity contribution in [1.82, 2.24) is 5.32 Å². The second kappa shape index (κ2) is 6.42. The van der Waals surface area contributed by atoms with Crippen LogP contribution in [0.15, 0.2) is 34.8 Å². The van der Waals surface area contributed by atoms with Crippen LogP contribution >= 0.6 is 15.9 Å². The van der Waals surface area contributed by atoms with Gasteiger partial charge in [-0.3, -0.25) is 0 Å². The summed E-state index contributed by atoms with van der Waals surface area (Å²) in [5, 5.41) is 11.6. The molecule has 0 aliphatic heterocycles. The Morgan fingerprint density at radius 1 is 1.59 bits per heavy atom. The third kappa shape index (κ3) is 3.87. The topological polar surface area (TPSA) is 58.6 Å². The molecule has 5 heteroatoms. The van der Waals surface area contributed by atoms with Gasteiger partial charge in [0, 0.05) is 6.08 Å². The van der Waals surface area contributed by atoms with Crippen molar-refractivity contribution >= 4 is 21.9 Å². The Balaban J connectivity index is 2.96. The van der Waals surface area contributed by atoms with Gasteiger partial charge in [0.1, 0.15) is 5.75 Å². The maximum Gasteiger partial charge on any atom is 0.328 e. The van der Waals surface area contributed by atoms with E-state index in [1.807, 2.05) is 18.2 Å². The van der Waals surface area contributed by atoms with Crippen molar-refractivity contribution in [3.05, 3.63) is 40.4 Å². The number of benzene rings is 1. The Morgan fingerprint density at radius 3 is 2.76 bits per heavy atom. The monoisotopic (exact) mass is 299 g/mol. The van der Waals surface area contributed by atoms with Crippen LogP contribution in [-0.4, -0.2) is 25.2 Å². The van der Waals surface area contributed by atoms with Gasteiger partial charge in [-0.05, 0) is 40.7 Å². The fourth-order valence-corrected chi connectivity index (χ4v) is 1.99. The Morgan fingerprint density at radius 2 is 2.29 bits per heavy atom. The van der Waals surface area contributed by atoms with Gasteiger partial charge in [-0.1, -0.05) is 12.1 Å². The summed E-state index contributed by atoms with van der Waals surface area (Å²) in [6.07, 6.45) is 2.72. The van der Waals surface area contributed by atoms with Crippen LogP contribution in [0.5, 0.6) is 5.75 Å². The fraction of sp³-hybridized carbons (Fsp3) is 0.250. The van der Waals surface area contributed by atoms with E-state index in [9.17, 15) is 4.79 Å². The predicted octanol–water partition coefficient (Wildman–Crippen LogP) is 2.36. The average Bonchev–Trinajstić information content (AvgIpc) is 2.29. The highest BCUT2D eigenvalue weighted by Gasteiger charge is 2.08. The summed E-state index contributed by atoms with van der Waals surface area (Å²) >= 11 is 3.39. The van der Waals surface area contributed by atoms with Crippen molar-refractivity contribution in [2.45, 2.75) is 6.04 Å². The lowest BCUT2D eigenvalue weighted by atomic mass is 10.1. The minimum Gasteiger partial charge on any atom is -0.496 e. The molecule has 17 heavy (non-hydrogen) atoms. The molecule has 1 atom stereocenters. The van der Waals surface area contributed by atoms with Gasteiger partial charge in [0.25, 0.3) is 0 Å². The van der Waals surface area contributed by atoms with Crippen molar-refractivity contribution < 1.29 is 14.6 Å². The number of methoxy groups -OCH3 is 1. The van der Waals surface area contributed by atoms with Gasteiger partial charge in [0.05, 0.1) is 17.6 Å². The van der Waals surface area contributed by atoms with Crippen LogP contribution < -0.4 is 10.1 Å². The van der Waals surface area contributed by atoms with Gasteiger partial charge in [-0.25, -0.2) is 4.79 Å². The quantitative estimate of drug-likeness (QED) is 0.820. The molecule has 0 aliphatic carbocycles. The highest BCUT2D eigenvalue weighted by atomic mass is 79.9. The molecule has 1 rings (SSSR count). The lowest BCUT2D eigenvalue weighted by molar-refractivity contribution is -0.131. The van der Waals surface area contributed by atoms with Crippen molar-refractivity contribution in [1.29, 1.82) is 0 Å². The first-order valence-corrected chi connectivity index (χ1v) is 5.79. The molecule has 1 aromatic rings. The first-order chi connectivity index (χ1) is 8.08. The number of carboxylic acid groups (broad SMARTS) is 1. The number of aliphatic carboxylic acids is 1. The summed E-state index contributed by atoms with van der Waals surface area (Å²) < 4.78 is 5.97. The van der Waals surface area contributed by atoms with E-state index < -0.39 is 5.97 Å². The third-order valence-corrected chi connectivity index (χ3v) is 2.90. The molecule has 1 unspecified atom stereocenters. The normalized spacial score (nSPS) is 12.6. The summed E-state index contributed by atoms with van der Waals surface area (Å²) in [6.45, 7) is 0. The van der Waals surface area contributed by atoms with E-state index in [4.69, 9.17) is 9.84 Å². The number of hydrogen-bond acceptors (Lipinski definition) is 3. The summed E-state index contributed by atoms with van der Waals surface area (Å²) in [4.78, 5) is 10.5. The molecule has 4 nitrogen and oxygen atoms in total. The minimum atomic E-state index is -0.960. The van der Waals surface area contributed by atoms with Crippen LogP contribution in [0, 0.1) is 0 Å². The summed E-state index contributed by atoms with van der Waals surface area (Å²) in [5.74, 6) is -0.219. The van der Waals surface area contributed by atoms with Crippen molar-refractivity contribution in [2.24, 2.45) is 0 Å². The molecule has 0 fully saturated rings. The minimum absolute atomic E-state index is 0.145. The first-order valence-electron chi connectivity index (χ1n) is 5.00. The van der Waals surface area contributed by atoms with Gasteiger partial charge in [0.2, 0.25) is 0 Å². The molecule has 0 heterocycles. The zero-order valence-corrected chi connectivity index (χ0v) is 11.2. The first kappa shape index (κ1) is 13.7. The third-order valence-electron chi connectivity index (χ3n) is 2.28. The van der Waals surface area contributed by atoms with E-state index >= 15 is 0 Å². The largest absolute Gasteiger partial charge is 0.496 e. The van der Waals surface area contributed by atoms with Gasteiger partial charge in [-0.15, -0.1) is 0 Å². The van der Waals surface area contributed by atoms with Crippen molar-refractivity contribution in [2.75, 3.05) is 14.2 Å². The molecule has 0 spiro atoms. The van der Waals surface area contributed by atoms with Crippen LogP contribution in [0.1, 0.15) is 11.6 Å². The summed E-state index contributed by atoms with van der Waals surface area (Å²) in [6, 6.07) is 5.47.